The Balaban J connectivity index is 1.89. The summed E-state index contributed by atoms with van der Waals surface area (Å²) in [7, 11) is 1.74. The van der Waals surface area contributed by atoms with Crippen molar-refractivity contribution in [3.05, 3.63) is 0 Å². The fourth-order valence-electron chi connectivity index (χ4n) is 3.88. The number of likely N-dealkylation sites (N-methyl/N-ethyl adjacent to an activating group) is 1. The van der Waals surface area contributed by atoms with Gasteiger partial charge in [-0.3, -0.25) is 4.79 Å². The quantitative estimate of drug-likeness (QED) is 0.809. The van der Waals surface area contributed by atoms with Crippen molar-refractivity contribution in [1.82, 2.24) is 10.6 Å². The number of hydrogen-bond acceptors (Lipinski definition) is 2. The fraction of sp³-hybridized carbons (Fsp3) is 0.933. The molecule has 1 aliphatic carbocycles. The Hall–Kier alpha value is -0.570. The van der Waals surface area contributed by atoms with E-state index in [2.05, 4.69) is 17.6 Å². The highest BCUT2D eigenvalue weighted by molar-refractivity contribution is 5.81. The van der Waals surface area contributed by atoms with Gasteiger partial charge in [0.05, 0.1) is 6.04 Å². The van der Waals surface area contributed by atoms with Gasteiger partial charge in [0.1, 0.15) is 0 Å². The molecule has 104 valence electrons. The topological polar surface area (TPSA) is 41.1 Å². The Morgan fingerprint density at radius 2 is 2.00 bits per heavy atom. The standard InChI is InChI=1S/C15H28N2O/c1-3-11-5-4-6-12(9-11)13-7-8-17-14(10-13)15(18)16-2/h11-14,17H,3-10H2,1-2H3,(H,16,18). The first-order valence-electron chi connectivity index (χ1n) is 7.69. The first-order valence-corrected chi connectivity index (χ1v) is 7.69. The van der Waals surface area contributed by atoms with E-state index in [-0.39, 0.29) is 11.9 Å². The molecule has 4 atom stereocenters. The zero-order valence-corrected chi connectivity index (χ0v) is 11.9. The molecule has 0 aromatic rings. The number of piperidine rings is 1. The Morgan fingerprint density at radius 3 is 2.72 bits per heavy atom. The van der Waals surface area contributed by atoms with Crippen molar-refractivity contribution in [2.24, 2.45) is 17.8 Å². The first-order chi connectivity index (χ1) is 8.74. The van der Waals surface area contributed by atoms with Crippen LogP contribution in [0.15, 0.2) is 0 Å². The summed E-state index contributed by atoms with van der Waals surface area (Å²) in [4.78, 5) is 11.7. The highest BCUT2D eigenvalue weighted by Gasteiger charge is 2.33. The van der Waals surface area contributed by atoms with Crippen molar-refractivity contribution in [2.75, 3.05) is 13.6 Å². The van der Waals surface area contributed by atoms with E-state index in [9.17, 15) is 4.79 Å². The molecule has 2 aliphatic rings. The molecule has 0 aromatic heterocycles. The van der Waals surface area contributed by atoms with Crippen molar-refractivity contribution in [2.45, 2.75) is 57.9 Å². The Bertz CT molecular complexity index is 280. The number of nitrogens with one attached hydrogen (secondary N) is 2. The molecule has 1 saturated heterocycles. The predicted molar refractivity (Wildman–Crippen MR) is 74.3 cm³/mol. The molecule has 1 aliphatic heterocycles. The number of rotatable bonds is 3. The maximum atomic E-state index is 11.7. The lowest BCUT2D eigenvalue weighted by Crippen LogP contribution is -2.49. The van der Waals surface area contributed by atoms with Crippen LogP contribution in [0.25, 0.3) is 0 Å². The molecule has 3 nitrogen and oxygen atoms in total. The highest BCUT2D eigenvalue weighted by atomic mass is 16.2. The molecule has 3 heteroatoms. The van der Waals surface area contributed by atoms with Gasteiger partial charge in [0.15, 0.2) is 0 Å². The summed E-state index contributed by atoms with van der Waals surface area (Å²) < 4.78 is 0. The van der Waals surface area contributed by atoms with Gasteiger partial charge in [0, 0.05) is 7.05 Å². The van der Waals surface area contributed by atoms with Crippen LogP contribution in [0.1, 0.15) is 51.9 Å². The van der Waals surface area contributed by atoms with Crippen molar-refractivity contribution in [3.8, 4) is 0 Å². The van der Waals surface area contributed by atoms with Gasteiger partial charge in [-0.15, -0.1) is 0 Å². The molecule has 18 heavy (non-hydrogen) atoms. The third-order valence-corrected chi connectivity index (χ3v) is 5.07. The third kappa shape index (κ3) is 3.25. The van der Waals surface area contributed by atoms with Gasteiger partial charge < -0.3 is 10.6 Å². The second kappa shape index (κ2) is 6.55. The minimum atomic E-state index is 0.0516. The number of carbonyl (C=O) groups excluding carboxylic acids is 1. The Labute approximate surface area is 111 Å². The van der Waals surface area contributed by atoms with Crippen molar-refractivity contribution >= 4 is 5.91 Å². The maximum absolute atomic E-state index is 11.7. The molecule has 1 saturated carbocycles. The van der Waals surface area contributed by atoms with Gasteiger partial charge in [-0.2, -0.15) is 0 Å². The van der Waals surface area contributed by atoms with Gasteiger partial charge in [0.25, 0.3) is 0 Å². The first kappa shape index (κ1) is 13.9. The van der Waals surface area contributed by atoms with E-state index in [1.807, 2.05) is 0 Å². The van der Waals surface area contributed by atoms with Crippen LogP contribution in [0.2, 0.25) is 0 Å². The van der Waals surface area contributed by atoms with E-state index in [4.69, 9.17) is 0 Å². The smallest absolute Gasteiger partial charge is 0.236 e. The zero-order valence-electron chi connectivity index (χ0n) is 11.9. The van der Waals surface area contributed by atoms with Gasteiger partial charge in [-0.1, -0.05) is 32.6 Å². The van der Waals surface area contributed by atoms with Crippen LogP contribution in [0.3, 0.4) is 0 Å². The van der Waals surface area contributed by atoms with Gasteiger partial charge in [-0.05, 0) is 43.6 Å². The van der Waals surface area contributed by atoms with Crippen molar-refractivity contribution in [1.29, 1.82) is 0 Å². The molecule has 0 aromatic carbocycles. The molecule has 2 N–H and O–H groups in total. The third-order valence-electron chi connectivity index (χ3n) is 5.07. The molecule has 0 spiro atoms. The van der Waals surface area contributed by atoms with E-state index in [0.717, 1.165) is 30.7 Å². The zero-order chi connectivity index (χ0) is 13.0. The minimum absolute atomic E-state index is 0.0516. The molecule has 2 fully saturated rings. The fourth-order valence-corrected chi connectivity index (χ4v) is 3.88. The second-order valence-corrected chi connectivity index (χ2v) is 6.11. The average Bonchev–Trinajstić information content (AvgIpc) is 2.46. The molecule has 0 radical (unpaired) electrons. The van der Waals surface area contributed by atoms with Crippen molar-refractivity contribution in [3.63, 3.8) is 0 Å². The van der Waals surface area contributed by atoms with Crippen LogP contribution in [0, 0.1) is 17.8 Å². The number of hydrogen-bond donors (Lipinski definition) is 2. The van der Waals surface area contributed by atoms with Crippen LogP contribution >= 0.6 is 0 Å². The summed E-state index contributed by atoms with van der Waals surface area (Å²) in [6.45, 7) is 3.33. The lowest BCUT2D eigenvalue weighted by atomic mass is 9.70. The van der Waals surface area contributed by atoms with Crippen LogP contribution in [-0.4, -0.2) is 25.5 Å². The SMILES string of the molecule is CCC1CCCC(C2CCNC(C(=O)NC)C2)C1. The van der Waals surface area contributed by atoms with Crippen LogP contribution in [0.5, 0.6) is 0 Å². The number of amides is 1. The summed E-state index contributed by atoms with van der Waals surface area (Å²) in [5.74, 6) is 2.75. The monoisotopic (exact) mass is 252 g/mol. The lowest BCUT2D eigenvalue weighted by Gasteiger charge is -2.38. The second-order valence-electron chi connectivity index (χ2n) is 6.11. The van der Waals surface area contributed by atoms with E-state index < -0.39 is 0 Å². The molecule has 1 amide bonds. The minimum Gasteiger partial charge on any atom is -0.358 e. The highest BCUT2D eigenvalue weighted by Crippen LogP contribution is 2.39. The van der Waals surface area contributed by atoms with Crippen molar-refractivity contribution < 1.29 is 4.79 Å². The van der Waals surface area contributed by atoms with E-state index in [1.54, 1.807) is 7.05 Å². The van der Waals surface area contributed by atoms with Gasteiger partial charge >= 0.3 is 0 Å². The van der Waals surface area contributed by atoms with Crippen LogP contribution in [-0.2, 0) is 4.79 Å². The molecule has 1 heterocycles. The van der Waals surface area contributed by atoms with Gasteiger partial charge in [-0.25, -0.2) is 0 Å². The molecular formula is C15H28N2O. The summed E-state index contributed by atoms with van der Waals surface area (Å²) in [5, 5.41) is 6.13. The van der Waals surface area contributed by atoms with E-state index >= 15 is 0 Å². The maximum Gasteiger partial charge on any atom is 0.236 e. The summed E-state index contributed by atoms with van der Waals surface area (Å²) in [5.41, 5.74) is 0. The molecule has 0 bridgehead atoms. The molecular weight excluding hydrogens is 224 g/mol. The van der Waals surface area contributed by atoms with Gasteiger partial charge in [0.2, 0.25) is 5.91 Å². The average molecular weight is 252 g/mol. The summed E-state index contributed by atoms with van der Waals surface area (Å²) >= 11 is 0. The Kier molecular flexibility index (Phi) is 5.04. The van der Waals surface area contributed by atoms with Crippen LogP contribution in [0.4, 0.5) is 0 Å². The normalized spacial score (nSPS) is 37.2. The van der Waals surface area contributed by atoms with Crippen LogP contribution < -0.4 is 10.6 Å². The lowest BCUT2D eigenvalue weighted by molar-refractivity contribution is -0.123. The van der Waals surface area contributed by atoms with E-state index in [1.165, 1.54) is 38.5 Å². The predicted octanol–water partition coefficient (Wildman–Crippen LogP) is 2.32. The summed E-state index contributed by atoms with van der Waals surface area (Å²) in [6.07, 6.45) is 9.26. The summed E-state index contributed by atoms with van der Waals surface area (Å²) in [6, 6.07) is 0.0516. The number of carbonyl (C=O) groups is 1. The largest absolute Gasteiger partial charge is 0.358 e. The van der Waals surface area contributed by atoms with E-state index in [0.29, 0.717) is 0 Å². The molecule has 2 rings (SSSR count). The molecule has 4 unspecified atom stereocenters. The Morgan fingerprint density at radius 1 is 1.22 bits per heavy atom.